The fraction of sp³-hybridized carbons (Fsp3) is 0.636. The number of hydrogen-bond acceptors (Lipinski definition) is 5. The molecule has 0 bridgehead atoms. The largest absolute Gasteiger partial charge is 0.353 e. The van der Waals surface area contributed by atoms with Gasteiger partial charge in [0.15, 0.2) is 0 Å². The highest BCUT2D eigenvalue weighted by molar-refractivity contribution is 5.35. The minimum Gasteiger partial charge on any atom is -0.353 e. The van der Waals surface area contributed by atoms with Crippen molar-refractivity contribution in [1.29, 1.82) is 0 Å². The fourth-order valence-electron chi connectivity index (χ4n) is 2.02. The van der Waals surface area contributed by atoms with Crippen molar-refractivity contribution in [2.75, 3.05) is 37.6 Å². The van der Waals surface area contributed by atoms with E-state index in [1.807, 2.05) is 6.20 Å². The normalized spacial score (nSPS) is 19.8. The third-order valence-corrected chi connectivity index (χ3v) is 2.79. The zero-order chi connectivity index (χ0) is 11.4. The highest BCUT2D eigenvalue weighted by atomic mass is 15.3. The second-order valence-corrected chi connectivity index (χ2v) is 4.33. The summed E-state index contributed by atoms with van der Waals surface area (Å²) in [6.45, 7) is 7.15. The number of hydrogen-bond donors (Lipinski definition) is 1. The van der Waals surface area contributed by atoms with Crippen LogP contribution >= 0.6 is 0 Å². The van der Waals surface area contributed by atoms with Crippen LogP contribution in [0.25, 0.3) is 0 Å². The molecule has 16 heavy (non-hydrogen) atoms. The Morgan fingerprint density at radius 3 is 2.62 bits per heavy atom. The molecule has 1 atom stereocenters. The predicted octanol–water partition coefficient (Wildman–Crippen LogP) is -0.0542. The van der Waals surface area contributed by atoms with E-state index in [9.17, 15) is 0 Å². The van der Waals surface area contributed by atoms with Crippen LogP contribution < -0.4 is 10.6 Å². The Balaban J connectivity index is 1.86. The highest BCUT2D eigenvalue weighted by Gasteiger charge is 2.18. The summed E-state index contributed by atoms with van der Waals surface area (Å²) in [6, 6.07) is 0.253. The molecule has 0 aromatic carbocycles. The van der Waals surface area contributed by atoms with E-state index in [-0.39, 0.29) is 6.04 Å². The smallest absolute Gasteiger partial charge is 0.147 e. The minimum absolute atomic E-state index is 0.253. The molecular formula is C11H19N5. The maximum Gasteiger partial charge on any atom is 0.147 e. The topological polar surface area (TPSA) is 58.3 Å². The summed E-state index contributed by atoms with van der Waals surface area (Å²) in [4.78, 5) is 13.1. The van der Waals surface area contributed by atoms with Gasteiger partial charge >= 0.3 is 0 Å². The Hall–Kier alpha value is -1.20. The van der Waals surface area contributed by atoms with Gasteiger partial charge in [-0.2, -0.15) is 0 Å². The van der Waals surface area contributed by atoms with Gasteiger partial charge < -0.3 is 10.6 Å². The molecule has 0 radical (unpaired) electrons. The quantitative estimate of drug-likeness (QED) is 0.775. The van der Waals surface area contributed by atoms with Crippen LogP contribution in [0.15, 0.2) is 18.6 Å². The molecule has 2 heterocycles. The maximum absolute atomic E-state index is 5.79. The van der Waals surface area contributed by atoms with Crippen molar-refractivity contribution in [1.82, 2.24) is 14.9 Å². The van der Waals surface area contributed by atoms with Crippen LogP contribution in [0.1, 0.15) is 6.92 Å². The molecule has 0 unspecified atom stereocenters. The lowest BCUT2D eigenvalue weighted by molar-refractivity contribution is 0.246. The number of nitrogens with zero attached hydrogens (tertiary/aromatic N) is 4. The van der Waals surface area contributed by atoms with Gasteiger partial charge in [-0.05, 0) is 6.92 Å². The summed E-state index contributed by atoms with van der Waals surface area (Å²) >= 11 is 0. The highest BCUT2D eigenvalue weighted by Crippen LogP contribution is 2.11. The molecule has 0 spiro atoms. The lowest BCUT2D eigenvalue weighted by Gasteiger charge is -2.35. The van der Waals surface area contributed by atoms with Crippen LogP contribution in [0.2, 0.25) is 0 Å². The van der Waals surface area contributed by atoms with Crippen LogP contribution in [-0.2, 0) is 0 Å². The van der Waals surface area contributed by atoms with Crippen molar-refractivity contribution in [2.24, 2.45) is 5.73 Å². The van der Waals surface area contributed by atoms with Crippen LogP contribution in [0.5, 0.6) is 0 Å². The number of anilines is 1. The molecule has 2 rings (SSSR count). The van der Waals surface area contributed by atoms with E-state index in [1.165, 1.54) is 0 Å². The van der Waals surface area contributed by atoms with E-state index in [0.717, 1.165) is 38.5 Å². The van der Waals surface area contributed by atoms with Gasteiger partial charge in [0.2, 0.25) is 0 Å². The first kappa shape index (κ1) is 11.3. The van der Waals surface area contributed by atoms with Crippen LogP contribution in [0.4, 0.5) is 5.82 Å². The molecule has 1 aromatic rings. The zero-order valence-corrected chi connectivity index (χ0v) is 9.71. The summed E-state index contributed by atoms with van der Waals surface area (Å²) in [5, 5.41) is 0. The molecule has 0 amide bonds. The Labute approximate surface area is 96.3 Å². The Morgan fingerprint density at radius 2 is 2.06 bits per heavy atom. The van der Waals surface area contributed by atoms with Crippen molar-refractivity contribution in [3.63, 3.8) is 0 Å². The Kier molecular flexibility index (Phi) is 3.69. The molecule has 1 saturated heterocycles. The van der Waals surface area contributed by atoms with Crippen molar-refractivity contribution < 1.29 is 0 Å². The SMILES string of the molecule is C[C@@H](N)CN1CCN(c2cnccn2)CC1. The van der Waals surface area contributed by atoms with Gasteiger partial charge in [0.05, 0.1) is 6.20 Å². The molecule has 1 aliphatic rings. The van der Waals surface area contributed by atoms with Gasteiger partial charge in [-0.25, -0.2) is 4.98 Å². The van der Waals surface area contributed by atoms with Crippen molar-refractivity contribution in [3.05, 3.63) is 18.6 Å². The van der Waals surface area contributed by atoms with E-state index >= 15 is 0 Å². The molecule has 5 heteroatoms. The third kappa shape index (κ3) is 2.90. The maximum atomic E-state index is 5.79. The predicted molar refractivity (Wildman–Crippen MR) is 64.3 cm³/mol. The monoisotopic (exact) mass is 221 g/mol. The number of aromatic nitrogens is 2. The first-order chi connectivity index (χ1) is 7.75. The molecule has 1 aliphatic heterocycles. The lowest BCUT2D eigenvalue weighted by Crippen LogP contribution is -2.49. The Bertz CT molecular complexity index is 305. The lowest BCUT2D eigenvalue weighted by atomic mass is 10.2. The van der Waals surface area contributed by atoms with Gasteiger partial charge in [-0.15, -0.1) is 0 Å². The molecule has 1 aromatic heterocycles. The zero-order valence-electron chi connectivity index (χ0n) is 9.71. The molecule has 1 fully saturated rings. The Morgan fingerprint density at radius 1 is 1.31 bits per heavy atom. The van der Waals surface area contributed by atoms with Gasteiger partial charge in [-0.1, -0.05) is 0 Å². The van der Waals surface area contributed by atoms with E-state index in [2.05, 4.69) is 26.7 Å². The fourth-order valence-corrected chi connectivity index (χ4v) is 2.02. The van der Waals surface area contributed by atoms with Crippen LogP contribution in [0, 0.1) is 0 Å². The van der Waals surface area contributed by atoms with E-state index < -0.39 is 0 Å². The van der Waals surface area contributed by atoms with E-state index in [0.29, 0.717) is 0 Å². The molecule has 5 nitrogen and oxygen atoms in total. The first-order valence-corrected chi connectivity index (χ1v) is 5.74. The summed E-state index contributed by atoms with van der Waals surface area (Å²) in [5.74, 6) is 0.975. The number of piperazine rings is 1. The second kappa shape index (κ2) is 5.23. The first-order valence-electron chi connectivity index (χ1n) is 5.74. The second-order valence-electron chi connectivity index (χ2n) is 4.33. The summed E-state index contributed by atoms with van der Waals surface area (Å²) in [7, 11) is 0. The van der Waals surface area contributed by atoms with Crippen molar-refractivity contribution in [2.45, 2.75) is 13.0 Å². The third-order valence-electron chi connectivity index (χ3n) is 2.79. The average molecular weight is 221 g/mol. The summed E-state index contributed by atoms with van der Waals surface area (Å²) in [5.41, 5.74) is 5.79. The van der Waals surface area contributed by atoms with Gasteiger partial charge in [0.1, 0.15) is 5.82 Å². The number of nitrogens with two attached hydrogens (primary N) is 1. The van der Waals surface area contributed by atoms with Crippen LogP contribution in [0.3, 0.4) is 0 Å². The summed E-state index contributed by atoms with van der Waals surface area (Å²) < 4.78 is 0. The molecule has 88 valence electrons. The standard InChI is InChI=1S/C11H19N5/c1-10(12)9-15-4-6-16(7-5-15)11-8-13-2-3-14-11/h2-3,8,10H,4-7,9,12H2,1H3/t10-/m1/s1. The van der Waals surface area contributed by atoms with Gasteiger partial charge in [-0.3, -0.25) is 9.88 Å². The molecule has 0 aliphatic carbocycles. The van der Waals surface area contributed by atoms with Crippen LogP contribution in [-0.4, -0.2) is 53.6 Å². The van der Waals surface area contributed by atoms with Crippen molar-refractivity contribution >= 4 is 5.82 Å². The van der Waals surface area contributed by atoms with E-state index in [4.69, 9.17) is 5.73 Å². The van der Waals surface area contributed by atoms with Crippen molar-refractivity contribution in [3.8, 4) is 0 Å². The number of rotatable bonds is 3. The minimum atomic E-state index is 0.253. The molecule has 0 saturated carbocycles. The van der Waals surface area contributed by atoms with E-state index in [1.54, 1.807) is 12.4 Å². The van der Waals surface area contributed by atoms with Gasteiger partial charge in [0.25, 0.3) is 0 Å². The van der Waals surface area contributed by atoms with Gasteiger partial charge in [0, 0.05) is 51.2 Å². The average Bonchev–Trinajstić information content (AvgIpc) is 2.30. The molecule has 2 N–H and O–H groups in total. The molecular weight excluding hydrogens is 202 g/mol. The summed E-state index contributed by atoms with van der Waals surface area (Å²) in [6.07, 6.45) is 5.26.